The minimum absolute atomic E-state index is 0.00317. The normalized spacial score (nSPS) is 11.2. The molecular weight excluding hydrogens is 386 g/mol. The Morgan fingerprint density at radius 2 is 1.74 bits per heavy atom. The third-order valence-electron chi connectivity index (χ3n) is 3.55. The van der Waals surface area contributed by atoms with Gasteiger partial charge in [-0.05, 0) is 51.1 Å². The monoisotopic (exact) mass is 403 g/mol. The number of aromatic nitrogens is 3. The van der Waals surface area contributed by atoms with Crippen LogP contribution in [0.3, 0.4) is 0 Å². The van der Waals surface area contributed by atoms with Crippen molar-refractivity contribution in [3.63, 3.8) is 0 Å². The number of nitrogens with one attached hydrogen (secondary N) is 2. The number of hydrogen-bond donors (Lipinski definition) is 2. The molecule has 10 heteroatoms. The molecule has 0 spiro atoms. The Balaban J connectivity index is 1.74. The Kier molecular flexibility index (Phi) is 5.19. The van der Waals surface area contributed by atoms with Crippen molar-refractivity contribution in [1.82, 2.24) is 15.0 Å². The number of sulfonamides is 1. The summed E-state index contributed by atoms with van der Waals surface area (Å²) in [6.07, 6.45) is 1.47. The van der Waals surface area contributed by atoms with Gasteiger partial charge in [0, 0.05) is 17.6 Å². The third kappa shape index (κ3) is 4.47. The van der Waals surface area contributed by atoms with E-state index in [2.05, 4.69) is 25.0 Å². The topological polar surface area (TPSA) is 114 Å². The smallest absolute Gasteiger partial charge is 0.267 e. The van der Waals surface area contributed by atoms with E-state index in [1.165, 1.54) is 41.8 Å². The molecule has 0 atom stereocenters. The Morgan fingerprint density at radius 1 is 1.04 bits per heavy atom. The van der Waals surface area contributed by atoms with Crippen LogP contribution in [0.15, 0.2) is 41.4 Å². The molecule has 0 aliphatic carbocycles. The molecule has 0 unspecified atom stereocenters. The van der Waals surface area contributed by atoms with Crippen molar-refractivity contribution >= 4 is 38.9 Å². The largest absolute Gasteiger partial charge is 0.321 e. The van der Waals surface area contributed by atoms with Crippen molar-refractivity contribution in [3.05, 3.63) is 57.8 Å². The predicted octanol–water partition coefficient (Wildman–Crippen LogP) is 2.91. The summed E-state index contributed by atoms with van der Waals surface area (Å²) >= 11 is 1.31. The van der Waals surface area contributed by atoms with E-state index in [1.807, 2.05) is 6.92 Å². The number of aryl methyl sites for hydroxylation is 3. The van der Waals surface area contributed by atoms with E-state index >= 15 is 0 Å². The van der Waals surface area contributed by atoms with E-state index in [0.29, 0.717) is 22.0 Å². The van der Waals surface area contributed by atoms with Gasteiger partial charge in [0.1, 0.15) is 4.88 Å². The number of hydrogen-bond acceptors (Lipinski definition) is 7. The molecule has 0 radical (unpaired) electrons. The fourth-order valence-electron chi connectivity index (χ4n) is 2.32. The molecule has 0 saturated carbocycles. The number of nitrogens with zero attached hydrogens (tertiary/aromatic N) is 3. The summed E-state index contributed by atoms with van der Waals surface area (Å²) in [5, 5.41) is 3.55. The summed E-state index contributed by atoms with van der Waals surface area (Å²) in [4.78, 5) is 25.0. The molecule has 0 fully saturated rings. The van der Waals surface area contributed by atoms with Crippen molar-refractivity contribution in [2.45, 2.75) is 25.7 Å². The maximum Gasteiger partial charge on any atom is 0.267 e. The van der Waals surface area contributed by atoms with Gasteiger partial charge in [0.2, 0.25) is 5.95 Å². The van der Waals surface area contributed by atoms with E-state index in [1.54, 1.807) is 19.9 Å². The molecule has 2 heterocycles. The summed E-state index contributed by atoms with van der Waals surface area (Å²) < 4.78 is 27.2. The van der Waals surface area contributed by atoms with Gasteiger partial charge in [-0.25, -0.2) is 28.1 Å². The van der Waals surface area contributed by atoms with Crippen molar-refractivity contribution in [3.8, 4) is 0 Å². The second-order valence-corrected chi connectivity index (χ2v) is 8.64. The van der Waals surface area contributed by atoms with Gasteiger partial charge in [0.05, 0.1) is 15.6 Å². The van der Waals surface area contributed by atoms with E-state index < -0.39 is 10.0 Å². The SMILES string of the molecule is Cc1ccnc(NS(=O)(=O)c2ccc(NC(=O)c3sc(C)nc3C)cc2)n1. The van der Waals surface area contributed by atoms with Gasteiger partial charge in [-0.3, -0.25) is 4.79 Å². The van der Waals surface area contributed by atoms with Crippen molar-refractivity contribution in [1.29, 1.82) is 0 Å². The molecule has 1 aromatic carbocycles. The molecule has 8 nitrogen and oxygen atoms in total. The molecule has 0 saturated heterocycles. The van der Waals surface area contributed by atoms with Crippen LogP contribution in [-0.4, -0.2) is 29.3 Å². The van der Waals surface area contributed by atoms with Crippen molar-refractivity contribution < 1.29 is 13.2 Å². The first-order valence-corrected chi connectivity index (χ1v) is 10.2. The zero-order valence-corrected chi connectivity index (χ0v) is 16.5. The second kappa shape index (κ2) is 7.41. The molecular formula is C17H17N5O3S2. The first kappa shape index (κ1) is 18.9. The third-order valence-corrected chi connectivity index (χ3v) is 5.97. The quantitative estimate of drug-likeness (QED) is 0.677. The average Bonchev–Trinajstić information content (AvgIpc) is 2.93. The van der Waals surface area contributed by atoms with Crippen molar-refractivity contribution in [2.24, 2.45) is 0 Å². The van der Waals surface area contributed by atoms with Crippen LogP contribution in [0, 0.1) is 20.8 Å². The zero-order chi connectivity index (χ0) is 19.6. The highest BCUT2D eigenvalue weighted by Gasteiger charge is 2.17. The maximum atomic E-state index is 12.4. The van der Waals surface area contributed by atoms with Crippen LogP contribution in [0.25, 0.3) is 0 Å². The Labute approximate surface area is 160 Å². The number of thiazole rings is 1. The highest BCUT2D eigenvalue weighted by Crippen LogP contribution is 2.20. The number of rotatable bonds is 5. The molecule has 1 amide bonds. The van der Waals surface area contributed by atoms with Gasteiger partial charge in [-0.1, -0.05) is 0 Å². The molecule has 0 aliphatic heterocycles. The fraction of sp³-hybridized carbons (Fsp3) is 0.176. The molecule has 3 rings (SSSR count). The molecule has 0 bridgehead atoms. The lowest BCUT2D eigenvalue weighted by atomic mass is 10.3. The van der Waals surface area contributed by atoms with Gasteiger partial charge in [-0.15, -0.1) is 11.3 Å². The van der Waals surface area contributed by atoms with Gasteiger partial charge in [0.15, 0.2) is 0 Å². The summed E-state index contributed by atoms with van der Waals surface area (Å²) in [5.41, 5.74) is 1.79. The lowest BCUT2D eigenvalue weighted by molar-refractivity contribution is 0.103. The maximum absolute atomic E-state index is 12.4. The van der Waals surface area contributed by atoms with Crippen LogP contribution in [0.4, 0.5) is 11.6 Å². The first-order chi connectivity index (χ1) is 12.7. The number of anilines is 2. The van der Waals surface area contributed by atoms with Crippen LogP contribution < -0.4 is 10.0 Å². The summed E-state index contributed by atoms with van der Waals surface area (Å²) in [5.74, 6) is -0.275. The van der Waals surface area contributed by atoms with Crippen LogP contribution in [0.5, 0.6) is 0 Å². The van der Waals surface area contributed by atoms with E-state index in [-0.39, 0.29) is 16.8 Å². The Bertz CT molecular complexity index is 1090. The van der Waals surface area contributed by atoms with Crippen LogP contribution >= 0.6 is 11.3 Å². The molecule has 140 valence electrons. The standard InChI is InChI=1S/C17H17N5O3S2/c1-10-8-9-18-17(19-10)22-27(24,25)14-6-4-13(5-7-14)21-16(23)15-11(2)20-12(3)26-15/h4-9H,1-3H3,(H,21,23)(H,18,19,22). The summed E-state index contributed by atoms with van der Waals surface area (Å²) in [6, 6.07) is 7.51. The van der Waals surface area contributed by atoms with Gasteiger partial charge < -0.3 is 5.32 Å². The molecule has 3 aromatic rings. The lowest BCUT2D eigenvalue weighted by Crippen LogP contribution is -2.15. The average molecular weight is 403 g/mol. The zero-order valence-electron chi connectivity index (χ0n) is 14.8. The first-order valence-electron chi connectivity index (χ1n) is 7.92. The Morgan fingerprint density at radius 3 is 2.33 bits per heavy atom. The Hall–Kier alpha value is -2.85. The minimum atomic E-state index is -3.83. The van der Waals surface area contributed by atoms with E-state index in [4.69, 9.17) is 0 Å². The van der Waals surface area contributed by atoms with Crippen molar-refractivity contribution in [2.75, 3.05) is 10.0 Å². The minimum Gasteiger partial charge on any atom is -0.321 e. The summed E-state index contributed by atoms with van der Waals surface area (Å²) in [6.45, 7) is 5.34. The van der Waals surface area contributed by atoms with Gasteiger partial charge >= 0.3 is 0 Å². The van der Waals surface area contributed by atoms with E-state index in [9.17, 15) is 13.2 Å². The van der Waals surface area contributed by atoms with E-state index in [0.717, 1.165) is 5.01 Å². The van der Waals surface area contributed by atoms with Crippen LogP contribution in [0.2, 0.25) is 0 Å². The number of benzene rings is 1. The number of carbonyl (C=O) groups is 1. The summed E-state index contributed by atoms with van der Waals surface area (Å²) in [7, 11) is -3.83. The second-order valence-electron chi connectivity index (χ2n) is 5.75. The number of amides is 1. The molecule has 0 aliphatic rings. The fourth-order valence-corrected chi connectivity index (χ4v) is 4.09. The van der Waals surface area contributed by atoms with Gasteiger partial charge in [-0.2, -0.15) is 0 Å². The molecule has 27 heavy (non-hydrogen) atoms. The number of carbonyl (C=O) groups excluding carboxylic acids is 1. The van der Waals surface area contributed by atoms with Gasteiger partial charge in [0.25, 0.3) is 15.9 Å². The molecule has 2 N–H and O–H groups in total. The van der Waals surface area contributed by atoms with Crippen LogP contribution in [-0.2, 0) is 10.0 Å². The molecule has 2 aromatic heterocycles. The highest BCUT2D eigenvalue weighted by atomic mass is 32.2. The lowest BCUT2D eigenvalue weighted by Gasteiger charge is -2.08. The highest BCUT2D eigenvalue weighted by molar-refractivity contribution is 7.92. The predicted molar refractivity (Wildman–Crippen MR) is 104 cm³/mol. The van der Waals surface area contributed by atoms with Crippen LogP contribution in [0.1, 0.15) is 26.1 Å².